The number of hydrogen-bond donors (Lipinski definition) is 1. The fourth-order valence-corrected chi connectivity index (χ4v) is 4.58. The maximum absolute atomic E-state index is 6.24. The first-order chi connectivity index (χ1) is 9.95. The third kappa shape index (κ3) is 5.15. The van der Waals surface area contributed by atoms with Gasteiger partial charge in [-0.3, -0.25) is 0 Å². The molecule has 3 atom stereocenters. The Hall–Kier alpha value is -0.250. The molecule has 0 saturated carbocycles. The number of aryl methyl sites for hydroxylation is 1. The molecule has 0 aliphatic carbocycles. The van der Waals surface area contributed by atoms with Gasteiger partial charge in [0.2, 0.25) is 0 Å². The van der Waals surface area contributed by atoms with Crippen LogP contribution in [0.25, 0.3) is 0 Å². The van der Waals surface area contributed by atoms with Crippen molar-refractivity contribution in [1.29, 1.82) is 0 Å². The lowest BCUT2D eigenvalue weighted by molar-refractivity contribution is -0.912. The van der Waals surface area contributed by atoms with Crippen LogP contribution in [0, 0.1) is 18.8 Å². The third-order valence-electron chi connectivity index (χ3n) is 4.14. The number of piperidine rings is 1. The second-order valence-corrected chi connectivity index (χ2v) is 7.88. The minimum Gasteiger partial charge on any atom is -0.491 e. The topological polar surface area (TPSA) is 13.7 Å². The molecule has 1 N–H and O–H groups in total. The maximum Gasteiger partial charge on any atom is 0.152 e. The number of likely N-dealkylation sites (tertiary alicyclic amines) is 1. The summed E-state index contributed by atoms with van der Waals surface area (Å²) >= 11 is 9.77. The lowest BCUT2D eigenvalue weighted by Gasteiger charge is -2.32. The molecule has 1 saturated heterocycles. The van der Waals surface area contributed by atoms with Gasteiger partial charge in [0, 0.05) is 18.3 Å². The van der Waals surface area contributed by atoms with Crippen LogP contribution in [0.1, 0.15) is 32.3 Å². The van der Waals surface area contributed by atoms with Crippen molar-refractivity contribution in [3.63, 3.8) is 0 Å². The molecule has 1 aromatic rings. The Morgan fingerprint density at radius 1 is 1.29 bits per heavy atom. The normalized spacial score (nSPS) is 25.9. The van der Waals surface area contributed by atoms with E-state index in [1.165, 1.54) is 26.1 Å². The van der Waals surface area contributed by atoms with Crippen molar-refractivity contribution in [3.05, 3.63) is 27.2 Å². The van der Waals surface area contributed by atoms with Crippen molar-refractivity contribution in [2.75, 3.05) is 26.2 Å². The SMILES string of the molecule is Cc1cc(Cl)c(OCCC[NH+]2C[C@H](C)C[C@H](C)C2)c(Br)c1. The summed E-state index contributed by atoms with van der Waals surface area (Å²) < 4.78 is 6.82. The van der Waals surface area contributed by atoms with Crippen LogP contribution in [0.5, 0.6) is 5.75 Å². The molecule has 2 nitrogen and oxygen atoms in total. The Kier molecular flexibility index (Phi) is 6.39. The zero-order valence-electron chi connectivity index (χ0n) is 13.2. The molecule has 4 heteroatoms. The van der Waals surface area contributed by atoms with Crippen molar-refractivity contribution in [2.24, 2.45) is 11.8 Å². The highest BCUT2D eigenvalue weighted by molar-refractivity contribution is 9.10. The maximum atomic E-state index is 6.24. The summed E-state index contributed by atoms with van der Waals surface area (Å²) in [5.41, 5.74) is 1.14. The molecule has 0 aromatic heterocycles. The smallest absolute Gasteiger partial charge is 0.152 e. The van der Waals surface area contributed by atoms with E-state index in [-0.39, 0.29) is 0 Å². The lowest BCUT2D eigenvalue weighted by atomic mass is 9.92. The standard InChI is InChI=1S/C17H25BrClNO/c1-12-8-15(18)17(16(19)9-12)21-6-4-5-20-10-13(2)7-14(3)11-20/h8-9,13-14H,4-7,10-11H2,1-3H3/p+1/t13-,14+. The van der Waals surface area contributed by atoms with Crippen molar-refractivity contribution in [2.45, 2.75) is 33.6 Å². The van der Waals surface area contributed by atoms with Gasteiger partial charge in [-0.15, -0.1) is 0 Å². The van der Waals surface area contributed by atoms with E-state index < -0.39 is 0 Å². The summed E-state index contributed by atoms with van der Waals surface area (Å²) in [7, 11) is 0. The molecule has 2 rings (SSSR count). The van der Waals surface area contributed by atoms with Gasteiger partial charge >= 0.3 is 0 Å². The van der Waals surface area contributed by atoms with E-state index in [9.17, 15) is 0 Å². The van der Waals surface area contributed by atoms with Gasteiger partial charge in [-0.25, -0.2) is 0 Å². The Morgan fingerprint density at radius 2 is 1.95 bits per heavy atom. The molecule has 21 heavy (non-hydrogen) atoms. The molecule has 118 valence electrons. The molecule has 1 aliphatic heterocycles. The summed E-state index contributed by atoms with van der Waals surface area (Å²) in [4.78, 5) is 1.72. The highest BCUT2D eigenvalue weighted by Gasteiger charge is 2.24. The molecule has 1 aromatic carbocycles. The molecule has 1 heterocycles. The highest BCUT2D eigenvalue weighted by atomic mass is 79.9. The first kappa shape index (κ1) is 17.1. The van der Waals surface area contributed by atoms with E-state index >= 15 is 0 Å². The summed E-state index contributed by atoms with van der Waals surface area (Å²) in [5, 5.41) is 0.689. The number of nitrogens with one attached hydrogen (secondary N) is 1. The fourth-order valence-electron chi connectivity index (χ4n) is 3.45. The molecule has 0 spiro atoms. The van der Waals surface area contributed by atoms with Gasteiger partial charge in [0.1, 0.15) is 0 Å². The first-order valence-electron chi connectivity index (χ1n) is 7.87. The van der Waals surface area contributed by atoms with Gasteiger partial charge in [0.15, 0.2) is 5.75 Å². The predicted molar refractivity (Wildman–Crippen MR) is 92.5 cm³/mol. The van der Waals surface area contributed by atoms with Gasteiger partial charge in [-0.05, 0) is 47.0 Å². The average Bonchev–Trinajstić information content (AvgIpc) is 2.35. The van der Waals surface area contributed by atoms with E-state index in [0.717, 1.165) is 40.6 Å². The molecule has 1 aliphatic rings. The third-order valence-corrected chi connectivity index (χ3v) is 5.01. The minimum absolute atomic E-state index is 0.689. The molecule has 1 fully saturated rings. The quantitative estimate of drug-likeness (QED) is 0.774. The van der Waals surface area contributed by atoms with Crippen LogP contribution in [0.3, 0.4) is 0 Å². The number of benzene rings is 1. The highest BCUT2D eigenvalue weighted by Crippen LogP contribution is 2.34. The summed E-state index contributed by atoms with van der Waals surface area (Å²) in [6.07, 6.45) is 2.46. The molecule has 1 unspecified atom stereocenters. The van der Waals surface area contributed by atoms with Crippen molar-refractivity contribution < 1.29 is 9.64 Å². The Bertz CT molecular complexity index is 447. The molecular formula is C17H26BrClNO+. The van der Waals surface area contributed by atoms with Crippen LogP contribution in [0.15, 0.2) is 16.6 Å². The number of halogens is 2. The number of quaternary nitrogens is 1. The van der Waals surface area contributed by atoms with Gasteiger partial charge in [-0.2, -0.15) is 0 Å². The lowest BCUT2D eigenvalue weighted by Crippen LogP contribution is -3.14. The van der Waals surface area contributed by atoms with E-state index in [2.05, 4.69) is 29.8 Å². The summed E-state index contributed by atoms with van der Waals surface area (Å²) in [5.74, 6) is 2.48. The molecule has 0 radical (unpaired) electrons. The zero-order valence-corrected chi connectivity index (χ0v) is 15.6. The van der Waals surface area contributed by atoms with Gasteiger partial charge in [0.25, 0.3) is 0 Å². The minimum atomic E-state index is 0.689. The van der Waals surface area contributed by atoms with E-state index in [4.69, 9.17) is 16.3 Å². The van der Waals surface area contributed by atoms with E-state index in [0.29, 0.717) is 5.02 Å². The van der Waals surface area contributed by atoms with Gasteiger partial charge in [0.05, 0.1) is 35.7 Å². The van der Waals surface area contributed by atoms with E-state index in [1.807, 2.05) is 19.1 Å². The van der Waals surface area contributed by atoms with Crippen LogP contribution in [0.4, 0.5) is 0 Å². The predicted octanol–water partition coefficient (Wildman–Crippen LogP) is 3.74. The second kappa shape index (κ2) is 7.85. The van der Waals surface area contributed by atoms with Crippen LogP contribution in [-0.2, 0) is 0 Å². The largest absolute Gasteiger partial charge is 0.491 e. The number of hydrogen-bond acceptors (Lipinski definition) is 1. The van der Waals surface area contributed by atoms with E-state index in [1.54, 1.807) is 4.90 Å². The monoisotopic (exact) mass is 374 g/mol. The molecular weight excluding hydrogens is 350 g/mol. The van der Waals surface area contributed by atoms with Crippen LogP contribution in [-0.4, -0.2) is 26.2 Å². The van der Waals surface area contributed by atoms with Crippen molar-refractivity contribution >= 4 is 27.5 Å². The molecule has 0 amide bonds. The van der Waals surface area contributed by atoms with Crippen molar-refractivity contribution in [3.8, 4) is 5.75 Å². The van der Waals surface area contributed by atoms with Gasteiger partial charge in [-0.1, -0.05) is 25.4 Å². The van der Waals surface area contributed by atoms with Gasteiger partial charge < -0.3 is 9.64 Å². The number of rotatable bonds is 5. The zero-order chi connectivity index (χ0) is 15.4. The molecule has 0 bridgehead atoms. The number of ether oxygens (including phenoxy) is 1. The average molecular weight is 376 g/mol. The Balaban J connectivity index is 1.77. The Morgan fingerprint density at radius 3 is 2.57 bits per heavy atom. The fraction of sp³-hybridized carbons (Fsp3) is 0.647. The van der Waals surface area contributed by atoms with Crippen LogP contribution < -0.4 is 9.64 Å². The Labute approximate surface area is 141 Å². The summed E-state index contributed by atoms with van der Waals surface area (Å²) in [6, 6.07) is 3.99. The van der Waals surface area contributed by atoms with Crippen LogP contribution in [0.2, 0.25) is 5.02 Å². The second-order valence-electron chi connectivity index (χ2n) is 6.61. The van der Waals surface area contributed by atoms with Crippen molar-refractivity contribution in [1.82, 2.24) is 0 Å². The van der Waals surface area contributed by atoms with Crippen LogP contribution >= 0.6 is 27.5 Å². The summed E-state index contributed by atoms with van der Waals surface area (Å²) in [6.45, 7) is 11.3. The first-order valence-corrected chi connectivity index (χ1v) is 9.04.